The maximum Gasteiger partial charge on any atom is 0.135 e. The molecule has 14 rings (SSSR count). The summed E-state index contributed by atoms with van der Waals surface area (Å²) in [6.45, 7) is 0. The largest absolute Gasteiger partial charge is 0.456 e. The Labute approximate surface area is 315 Å². The fourth-order valence-corrected chi connectivity index (χ4v) is 12.8. The van der Waals surface area contributed by atoms with Gasteiger partial charge in [0, 0.05) is 16.7 Å². The molecule has 4 bridgehead atoms. The molecular formula is C53H40O. The number of fused-ring (bicyclic) bond motifs is 10. The van der Waals surface area contributed by atoms with Crippen molar-refractivity contribution in [2.24, 2.45) is 29.6 Å². The van der Waals surface area contributed by atoms with Crippen LogP contribution in [-0.4, -0.2) is 0 Å². The first-order chi connectivity index (χ1) is 26.7. The van der Waals surface area contributed by atoms with Crippen LogP contribution in [0.15, 0.2) is 150 Å². The molecular weight excluding hydrogens is 653 g/mol. The molecule has 0 amide bonds. The molecule has 1 heteroatoms. The third-order valence-electron chi connectivity index (χ3n) is 14.5. The van der Waals surface area contributed by atoms with Crippen molar-refractivity contribution >= 4 is 54.3 Å². The Bertz CT molecular complexity index is 2950. The van der Waals surface area contributed by atoms with Gasteiger partial charge in [-0.15, -0.1) is 0 Å². The third kappa shape index (κ3) is 4.05. The molecule has 5 aliphatic rings. The predicted molar refractivity (Wildman–Crippen MR) is 225 cm³/mol. The second-order valence-corrected chi connectivity index (χ2v) is 17.2. The highest BCUT2D eigenvalue weighted by atomic mass is 16.3. The molecule has 8 aromatic carbocycles. The molecule has 1 nitrogen and oxygen atoms in total. The van der Waals surface area contributed by atoms with Crippen LogP contribution in [0.2, 0.25) is 0 Å². The summed E-state index contributed by atoms with van der Waals surface area (Å²) in [6.07, 6.45) is 7.33. The Morgan fingerprint density at radius 1 is 0.389 bits per heavy atom. The van der Waals surface area contributed by atoms with Gasteiger partial charge in [0.25, 0.3) is 0 Å². The van der Waals surface area contributed by atoms with Crippen LogP contribution < -0.4 is 0 Å². The Balaban J connectivity index is 1.05. The normalized spacial score (nSPS) is 23.9. The lowest BCUT2D eigenvalue weighted by molar-refractivity contribution is -0.0424. The Morgan fingerprint density at radius 2 is 0.926 bits per heavy atom. The van der Waals surface area contributed by atoms with E-state index in [0.29, 0.717) is 5.92 Å². The van der Waals surface area contributed by atoms with Gasteiger partial charge in [-0.05, 0) is 163 Å². The van der Waals surface area contributed by atoms with Gasteiger partial charge in [0.2, 0.25) is 0 Å². The van der Waals surface area contributed by atoms with Crippen molar-refractivity contribution in [1.29, 1.82) is 0 Å². The van der Waals surface area contributed by atoms with Crippen molar-refractivity contribution in [3.63, 3.8) is 0 Å². The molecule has 1 atom stereocenters. The van der Waals surface area contributed by atoms with Crippen molar-refractivity contribution in [2.75, 3.05) is 0 Å². The summed E-state index contributed by atoms with van der Waals surface area (Å²) in [5.41, 5.74) is 13.2. The van der Waals surface area contributed by atoms with Gasteiger partial charge in [0.1, 0.15) is 11.2 Å². The molecule has 4 fully saturated rings. The molecule has 1 heterocycles. The van der Waals surface area contributed by atoms with Crippen LogP contribution in [0.3, 0.4) is 0 Å². The van der Waals surface area contributed by atoms with Crippen LogP contribution >= 0.6 is 0 Å². The van der Waals surface area contributed by atoms with Gasteiger partial charge in [-0.3, -0.25) is 0 Å². The van der Waals surface area contributed by atoms with E-state index < -0.39 is 0 Å². The minimum Gasteiger partial charge on any atom is -0.456 e. The highest BCUT2D eigenvalue weighted by Crippen LogP contribution is 2.64. The Kier molecular flexibility index (Phi) is 6.04. The minimum absolute atomic E-state index is 0.494. The van der Waals surface area contributed by atoms with Gasteiger partial charge in [-0.1, -0.05) is 121 Å². The highest BCUT2D eigenvalue weighted by molar-refractivity contribution is 6.22. The van der Waals surface area contributed by atoms with Gasteiger partial charge >= 0.3 is 0 Å². The zero-order valence-electron chi connectivity index (χ0n) is 30.3. The number of benzene rings is 8. The van der Waals surface area contributed by atoms with Crippen molar-refractivity contribution in [3.05, 3.63) is 157 Å². The molecule has 0 N–H and O–H groups in total. The number of hydrogen-bond donors (Lipinski definition) is 0. The Hall–Kier alpha value is -5.66. The van der Waals surface area contributed by atoms with Crippen LogP contribution in [0.1, 0.15) is 49.1 Å². The molecule has 0 aliphatic heterocycles. The van der Waals surface area contributed by atoms with E-state index in [2.05, 4.69) is 146 Å². The van der Waals surface area contributed by atoms with Crippen LogP contribution in [0.25, 0.3) is 87.6 Å². The van der Waals surface area contributed by atoms with E-state index >= 15 is 0 Å². The summed E-state index contributed by atoms with van der Waals surface area (Å²) in [5.74, 6) is 4.96. The van der Waals surface area contributed by atoms with E-state index in [-0.39, 0.29) is 0 Å². The second-order valence-electron chi connectivity index (χ2n) is 17.2. The molecule has 1 unspecified atom stereocenters. The van der Waals surface area contributed by atoms with Gasteiger partial charge in [0.05, 0.1) is 0 Å². The lowest BCUT2D eigenvalue weighted by Crippen LogP contribution is -2.47. The monoisotopic (exact) mass is 692 g/mol. The Morgan fingerprint density at radius 3 is 1.61 bits per heavy atom. The van der Waals surface area contributed by atoms with Crippen LogP contribution in [0, 0.1) is 29.6 Å². The molecule has 0 radical (unpaired) electrons. The molecule has 0 saturated heterocycles. The molecule has 4 saturated carbocycles. The molecule has 5 aliphatic carbocycles. The summed E-state index contributed by atoms with van der Waals surface area (Å²) < 4.78 is 6.26. The summed E-state index contributed by atoms with van der Waals surface area (Å²) in [5, 5.41) is 10.3. The van der Waals surface area contributed by atoms with E-state index in [4.69, 9.17) is 4.42 Å². The van der Waals surface area contributed by atoms with E-state index in [1.54, 1.807) is 11.1 Å². The van der Waals surface area contributed by atoms with Gasteiger partial charge in [-0.25, -0.2) is 0 Å². The summed E-state index contributed by atoms with van der Waals surface area (Å²) >= 11 is 0. The van der Waals surface area contributed by atoms with Crippen LogP contribution in [0.5, 0.6) is 0 Å². The van der Waals surface area contributed by atoms with Crippen molar-refractivity contribution in [1.82, 2.24) is 0 Å². The smallest absolute Gasteiger partial charge is 0.135 e. The fraction of sp³-hybridized carbons (Fsp3) is 0.208. The standard InChI is InChI=1S/C53H40O/c1-2-10-37-32(9-1)17-21-44-52(37)46-29-33(18-20-43(46)53(44)49-35-24-30-23-31(26-35)27-36(49)25-30)50-39-12-3-5-14-41(39)51(42-15-6-4-13-40(42)50)34-19-22-48-45(28-34)38-11-7-8-16-47(38)54-48/h1-22,28-31,35-36,49,53H,23-27H2. The van der Waals surface area contributed by atoms with Gasteiger partial charge in [-0.2, -0.15) is 0 Å². The van der Waals surface area contributed by atoms with Crippen LogP contribution in [0.4, 0.5) is 0 Å². The number of furan rings is 1. The van der Waals surface area contributed by atoms with Crippen molar-refractivity contribution in [2.45, 2.75) is 38.0 Å². The minimum atomic E-state index is 0.494. The molecule has 1 aromatic heterocycles. The SMILES string of the molecule is c1ccc2c3c(ccc2c1)C(C1C2CC4CC(C2)CC1C4)c1ccc(-c2c4ccccc4c(-c4ccc5oc6ccccc6c5c4)c4ccccc24)cc1-3. The molecule has 0 spiro atoms. The van der Waals surface area contributed by atoms with Crippen molar-refractivity contribution in [3.8, 4) is 33.4 Å². The zero-order chi connectivity index (χ0) is 35.1. The average molecular weight is 693 g/mol. The topological polar surface area (TPSA) is 13.1 Å². The summed E-state index contributed by atoms with van der Waals surface area (Å²) in [4.78, 5) is 0. The number of para-hydroxylation sites is 1. The van der Waals surface area contributed by atoms with Gasteiger partial charge in [0.15, 0.2) is 0 Å². The molecule has 258 valence electrons. The number of rotatable bonds is 3. The fourth-order valence-electron chi connectivity index (χ4n) is 12.8. The zero-order valence-corrected chi connectivity index (χ0v) is 30.3. The van der Waals surface area contributed by atoms with Gasteiger partial charge < -0.3 is 4.42 Å². The maximum absolute atomic E-state index is 6.26. The first-order valence-corrected chi connectivity index (χ1v) is 20.3. The van der Waals surface area contributed by atoms with E-state index in [1.807, 2.05) is 0 Å². The molecule has 54 heavy (non-hydrogen) atoms. The second kappa shape index (κ2) is 11.0. The third-order valence-corrected chi connectivity index (χ3v) is 14.5. The number of hydrogen-bond acceptors (Lipinski definition) is 1. The van der Waals surface area contributed by atoms with Crippen LogP contribution in [-0.2, 0) is 0 Å². The molecule has 9 aromatic rings. The van der Waals surface area contributed by atoms with Crippen molar-refractivity contribution < 1.29 is 4.42 Å². The van der Waals surface area contributed by atoms with E-state index in [1.165, 1.54) is 103 Å². The van der Waals surface area contributed by atoms with E-state index in [0.717, 1.165) is 46.1 Å². The maximum atomic E-state index is 6.26. The lowest BCUT2D eigenvalue weighted by Gasteiger charge is -2.56. The highest BCUT2D eigenvalue weighted by Gasteiger charge is 2.52. The predicted octanol–water partition coefficient (Wildman–Crippen LogP) is 14.6. The average Bonchev–Trinajstić information content (AvgIpc) is 3.75. The van der Waals surface area contributed by atoms with E-state index in [9.17, 15) is 0 Å². The lowest BCUT2D eigenvalue weighted by atomic mass is 9.49. The first-order valence-electron chi connectivity index (χ1n) is 20.3. The first kappa shape index (κ1) is 29.8. The summed E-state index contributed by atoms with van der Waals surface area (Å²) in [7, 11) is 0. The summed E-state index contributed by atoms with van der Waals surface area (Å²) in [6, 6.07) is 55.0. The quantitative estimate of drug-likeness (QED) is 0.168.